The van der Waals surface area contributed by atoms with Crippen LogP contribution in [0.2, 0.25) is 0 Å². The van der Waals surface area contributed by atoms with Gasteiger partial charge in [0.05, 0.1) is 0 Å². The minimum atomic E-state index is 0.270. The number of carbonyl (C=O) groups excluding carboxylic acids is 1. The van der Waals surface area contributed by atoms with Crippen LogP contribution in [-0.2, 0) is 17.9 Å². The Morgan fingerprint density at radius 3 is 2.74 bits per heavy atom. The third kappa shape index (κ3) is 5.58. The van der Waals surface area contributed by atoms with E-state index in [0.29, 0.717) is 18.9 Å². The van der Waals surface area contributed by atoms with E-state index in [9.17, 15) is 4.79 Å². The third-order valence-corrected chi connectivity index (χ3v) is 3.90. The van der Waals surface area contributed by atoms with Crippen molar-refractivity contribution in [2.75, 3.05) is 20.1 Å². The van der Waals surface area contributed by atoms with Crippen LogP contribution >= 0.6 is 0 Å². The lowest BCUT2D eigenvalue weighted by Crippen LogP contribution is -2.38. The van der Waals surface area contributed by atoms with Crippen molar-refractivity contribution in [3.8, 4) is 0 Å². The largest absolute Gasteiger partial charge is 0.356 e. The average Bonchev–Trinajstić information content (AvgIpc) is 2.93. The molecule has 0 unspecified atom stereocenters. The molecule has 5 nitrogen and oxygen atoms in total. The fourth-order valence-corrected chi connectivity index (χ4v) is 2.64. The topological polar surface area (TPSA) is 56.7 Å². The zero-order chi connectivity index (χ0) is 16.7. The number of rotatable bonds is 6. The molecular formula is C18H28N4O. The van der Waals surface area contributed by atoms with Crippen molar-refractivity contribution in [3.05, 3.63) is 35.4 Å². The Kier molecular flexibility index (Phi) is 6.44. The lowest BCUT2D eigenvalue weighted by atomic mass is 10.1. The summed E-state index contributed by atoms with van der Waals surface area (Å²) >= 11 is 0. The normalized spacial score (nSPS) is 15.4. The van der Waals surface area contributed by atoms with Crippen molar-refractivity contribution in [1.29, 1.82) is 0 Å². The molecule has 0 bridgehead atoms. The summed E-state index contributed by atoms with van der Waals surface area (Å²) in [4.78, 5) is 17.9. The Morgan fingerprint density at radius 1 is 1.30 bits per heavy atom. The number of likely N-dealkylation sites (tertiary alicyclic amines) is 1. The fourth-order valence-electron chi connectivity index (χ4n) is 2.64. The molecule has 1 aromatic rings. The van der Waals surface area contributed by atoms with E-state index in [1.165, 1.54) is 11.1 Å². The summed E-state index contributed by atoms with van der Waals surface area (Å²) in [5.74, 6) is 1.67. The van der Waals surface area contributed by atoms with Gasteiger partial charge < -0.3 is 15.5 Å². The smallest absolute Gasteiger partial charge is 0.222 e. The van der Waals surface area contributed by atoms with Gasteiger partial charge in [-0.15, -0.1) is 0 Å². The molecule has 1 saturated heterocycles. The van der Waals surface area contributed by atoms with Crippen LogP contribution in [0.5, 0.6) is 0 Å². The van der Waals surface area contributed by atoms with Crippen LogP contribution in [0.25, 0.3) is 0 Å². The Balaban J connectivity index is 1.88. The summed E-state index contributed by atoms with van der Waals surface area (Å²) in [6.07, 6.45) is 1.68. The molecule has 5 heteroatoms. The molecule has 0 saturated carbocycles. The Bertz CT molecular complexity index is 554. The van der Waals surface area contributed by atoms with E-state index in [1.807, 2.05) is 4.90 Å². The molecular weight excluding hydrogens is 288 g/mol. The van der Waals surface area contributed by atoms with Crippen molar-refractivity contribution in [1.82, 2.24) is 15.5 Å². The van der Waals surface area contributed by atoms with Gasteiger partial charge in [-0.3, -0.25) is 9.79 Å². The fraction of sp³-hybridized carbons (Fsp3) is 0.556. The third-order valence-electron chi connectivity index (χ3n) is 3.90. The summed E-state index contributed by atoms with van der Waals surface area (Å²) in [5.41, 5.74) is 2.38. The van der Waals surface area contributed by atoms with Gasteiger partial charge in [0.15, 0.2) is 5.96 Å². The minimum Gasteiger partial charge on any atom is -0.356 e. The summed E-state index contributed by atoms with van der Waals surface area (Å²) in [5, 5.41) is 6.63. The van der Waals surface area contributed by atoms with Crippen LogP contribution in [0, 0.1) is 5.92 Å². The lowest BCUT2D eigenvalue weighted by molar-refractivity contribution is -0.128. The number of carbonyl (C=O) groups is 1. The number of amides is 1. The first-order valence-corrected chi connectivity index (χ1v) is 8.38. The van der Waals surface area contributed by atoms with Gasteiger partial charge in [-0.2, -0.15) is 0 Å². The Labute approximate surface area is 139 Å². The summed E-state index contributed by atoms with van der Waals surface area (Å²) in [6.45, 7) is 7.56. The van der Waals surface area contributed by atoms with E-state index >= 15 is 0 Å². The van der Waals surface area contributed by atoms with Crippen LogP contribution in [0.1, 0.15) is 37.8 Å². The van der Waals surface area contributed by atoms with E-state index in [2.05, 4.69) is 53.7 Å². The molecule has 1 aliphatic rings. The second-order valence-electron chi connectivity index (χ2n) is 6.44. The van der Waals surface area contributed by atoms with Crippen LogP contribution in [0.15, 0.2) is 29.3 Å². The predicted octanol–water partition coefficient (Wildman–Crippen LogP) is 2.13. The number of guanidine groups is 1. The first-order chi connectivity index (χ1) is 11.1. The molecule has 0 spiro atoms. The molecule has 0 radical (unpaired) electrons. The highest BCUT2D eigenvalue weighted by molar-refractivity contribution is 5.79. The molecule has 1 aliphatic heterocycles. The van der Waals surface area contributed by atoms with Gasteiger partial charge in [0.25, 0.3) is 0 Å². The van der Waals surface area contributed by atoms with E-state index in [0.717, 1.165) is 32.0 Å². The monoisotopic (exact) mass is 316 g/mol. The van der Waals surface area contributed by atoms with E-state index in [-0.39, 0.29) is 5.91 Å². The summed E-state index contributed by atoms with van der Waals surface area (Å²) in [6, 6.07) is 8.39. The zero-order valence-electron chi connectivity index (χ0n) is 14.4. The SMILES string of the molecule is CN=C(NCc1cccc(CN2CCCC2=O)c1)NCC(C)C. The maximum absolute atomic E-state index is 11.7. The van der Waals surface area contributed by atoms with E-state index in [1.54, 1.807) is 7.05 Å². The molecule has 0 aliphatic carbocycles. The van der Waals surface area contributed by atoms with Crippen molar-refractivity contribution < 1.29 is 4.79 Å². The second kappa shape index (κ2) is 8.56. The summed E-state index contributed by atoms with van der Waals surface area (Å²) in [7, 11) is 1.78. The number of nitrogens with one attached hydrogen (secondary N) is 2. The molecule has 2 N–H and O–H groups in total. The van der Waals surface area contributed by atoms with Crippen LogP contribution in [0.4, 0.5) is 0 Å². The molecule has 23 heavy (non-hydrogen) atoms. The molecule has 1 aromatic carbocycles. The van der Waals surface area contributed by atoms with E-state index < -0.39 is 0 Å². The number of hydrogen-bond donors (Lipinski definition) is 2. The first-order valence-electron chi connectivity index (χ1n) is 8.38. The quantitative estimate of drug-likeness (QED) is 0.624. The number of aliphatic imine (C=N–C) groups is 1. The number of nitrogens with zero attached hydrogens (tertiary/aromatic N) is 2. The van der Waals surface area contributed by atoms with Crippen molar-refractivity contribution in [3.63, 3.8) is 0 Å². The Hall–Kier alpha value is -2.04. The van der Waals surface area contributed by atoms with Gasteiger partial charge in [0.1, 0.15) is 0 Å². The maximum Gasteiger partial charge on any atom is 0.222 e. The Morgan fingerprint density at radius 2 is 2.09 bits per heavy atom. The van der Waals surface area contributed by atoms with Crippen LogP contribution < -0.4 is 10.6 Å². The van der Waals surface area contributed by atoms with Gasteiger partial charge in [0.2, 0.25) is 5.91 Å². The molecule has 126 valence electrons. The van der Waals surface area contributed by atoms with E-state index in [4.69, 9.17) is 0 Å². The van der Waals surface area contributed by atoms with Gasteiger partial charge in [-0.25, -0.2) is 0 Å². The molecule has 1 fully saturated rings. The van der Waals surface area contributed by atoms with Gasteiger partial charge in [-0.1, -0.05) is 38.1 Å². The highest BCUT2D eigenvalue weighted by Crippen LogP contribution is 2.15. The average molecular weight is 316 g/mol. The van der Waals surface area contributed by atoms with Gasteiger partial charge in [0, 0.05) is 39.6 Å². The molecule has 1 amide bonds. The van der Waals surface area contributed by atoms with Crippen LogP contribution in [-0.4, -0.2) is 36.9 Å². The van der Waals surface area contributed by atoms with Crippen molar-refractivity contribution in [2.45, 2.75) is 39.8 Å². The standard InChI is InChI=1S/C18H28N4O/c1-14(2)11-20-18(19-3)21-12-15-6-4-7-16(10-15)13-22-9-5-8-17(22)23/h4,6-7,10,14H,5,8-9,11-13H2,1-3H3,(H2,19,20,21). The highest BCUT2D eigenvalue weighted by atomic mass is 16.2. The molecule has 0 atom stereocenters. The number of hydrogen-bond acceptors (Lipinski definition) is 2. The van der Waals surface area contributed by atoms with Crippen LogP contribution in [0.3, 0.4) is 0 Å². The molecule has 0 aromatic heterocycles. The van der Waals surface area contributed by atoms with Crippen molar-refractivity contribution >= 4 is 11.9 Å². The highest BCUT2D eigenvalue weighted by Gasteiger charge is 2.19. The summed E-state index contributed by atoms with van der Waals surface area (Å²) < 4.78 is 0. The van der Waals surface area contributed by atoms with Gasteiger partial charge in [-0.05, 0) is 23.5 Å². The zero-order valence-corrected chi connectivity index (χ0v) is 14.4. The van der Waals surface area contributed by atoms with Crippen molar-refractivity contribution in [2.24, 2.45) is 10.9 Å². The second-order valence-corrected chi connectivity index (χ2v) is 6.44. The lowest BCUT2D eigenvalue weighted by Gasteiger charge is -2.17. The molecule has 2 rings (SSSR count). The minimum absolute atomic E-state index is 0.270. The van der Waals surface area contributed by atoms with Gasteiger partial charge >= 0.3 is 0 Å². The maximum atomic E-state index is 11.7. The first kappa shape index (κ1) is 17.3. The molecule has 1 heterocycles. The predicted molar refractivity (Wildman–Crippen MR) is 94.1 cm³/mol. The number of benzene rings is 1.